The van der Waals surface area contributed by atoms with E-state index in [1.165, 1.54) is 0 Å². The van der Waals surface area contributed by atoms with E-state index < -0.39 is 0 Å². The summed E-state index contributed by atoms with van der Waals surface area (Å²) in [7, 11) is 0. The van der Waals surface area contributed by atoms with Gasteiger partial charge in [0, 0.05) is 17.0 Å². The van der Waals surface area contributed by atoms with Crippen molar-refractivity contribution >= 4 is 17.2 Å². The molecule has 0 heterocycles. The van der Waals surface area contributed by atoms with Gasteiger partial charge in [-0.3, -0.25) is 5.41 Å². The van der Waals surface area contributed by atoms with Gasteiger partial charge in [-0.1, -0.05) is 66.8 Å². The summed E-state index contributed by atoms with van der Waals surface area (Å²) >= 11 is 0. The highest BCUT2D eigenvalue weighted by Crippen LogP contribution is 2.31. The molecule has 0 amide bonds. The zero-order valence-corrected chi connectivity index (χ0v) is 13.9. The lowest BCUT2D eigenvalue weighted by molar-refractivity contribution is 0.473. The van der Waals surface area contributed by atoms with Crippen LogP contribution in [0.3, 0.4) is 0 Å². The predicted octanol–water partition coefficient (Wildman–Crippen LogP) is 4.12. The van der Waals surface area contributed by atoms with Gasteiger partial charge < -0.3 is 10.8 Å². The second-order valence-electron chi connectivity index (χ2n) is 5.99. The summed E-state index contributed by atoms with van der Waals surface area (Å²) in [5.41, 5.74) is 8.82. The number of para-hydroxylation sites is 1. The van der Waals surface area contributed by atoms with Crippen LogP contribution < -0.4 is 5.73 Å². The van der Waals surface area contributed by atoms with Crippen LogP contribution in [0.1, 0.15) is 24.0 Å². The van der Waals surface area contributed by atoms with E-state index in [1.807, 2.05) is 66.8 Å². The summed E-state index contributed by atoms with van der Waals surface area (Å²) in [5, 5.41) is 18.1. The number of amidine groups is 2. The van der Waals surface area contributed by atoms with E-state index in [9.17, 15) is 5.11 Å². The molecule has 0 saturated carbocycles. The molecule has 4 heteroatoms. The first kappa shape index (κ1) is 16.7. The SMILES string of the molecule is N=C(N=C(N)C1C=CC=C(c2ccccc2O)CC1)c1ccccc1. The molecule has 1 unspecified atom stereocenters. The van der Waals surface area contributed by atoms with Crippen molar-refractivity contribution in [3.63, 3.8) is 0 Å². The van der Waals surface area contributed by atoms with E-state index in [2.05, 4.69) is 4.99 Å². The number of aromatic hydroxyl groups is 1. The van der Waals surface area contributed by atoms with Crippen LogP contribution in [0.25, 0.3) is 5.57 Å². The molecule has 1 aliphatic rings. The Morgan fingerprint density at radius 3 is 2.56 bits per heavy atom. The molecule has 126 valence electrons. The first-order valence-corrected chi connectivity index (χ1v) is 8.29. The number of phenols is 1. The number of allylic oxidation sites excluding steroid dienone is 3. The average molecular weight is 331 g/mol. The zero-order valence-electron chi connectivity index (χ0n) is 13.9. The Morgan fingerprint density at radius 2 is 1.80 bits per heavy atom. The summed E-state index contributed by atoms with van der Waals surface area (Å²) in [6.45, 7) is 0. The van der Waals surface area contributed by atoms with Crippen molar-refractivity contribution in [3.05, 3.63) is 84.0 Å². The van der Waals surface area contributed by atoms with Gasteiger partial charge >= 0.3 is 0 Å². The van der Waals surface area contributed by atoms with Gasteiger partial charge in [0.2, 0.25) is 0 Å². The summed E-state index contributed by atoms with van der Waals surface area (Å²) in [5.74, 6) is 0.874. The molecule has 2 aromatic rings. The third-order valence-corrected chi connectivity index (χ3v) is 4.28. The maximum absolute atomic E-state index is 10.0. The predicted molar refractivity (Wildman–Crippen MR) is 103 cm³/mol. The number of nitrogens with one attached hydrogen (secondary N) is 1. The average Bonchev–Trinajstić information content (AvgIpc) is 2.89. The van der Waals surface area contributed by atoms with Crippen LogP contribution in [0.2, 0.25) is 0 Å². The van der Waals surface area contributed by atoms with E-state index in [-0.39, 0.29) is 17.5 Å². The smallest absolute Gasteiger partial charge is 0.153 e. The van der Waals surface area contributed by atoms with Crippen LogP contribution >= 0.6 is 0 Å². The molecule has 2 aromatic carbocycles. The van der Waals surface area contributed by atoms with Gasteiger partial charge in [0.15, 0.2) is 5.84 Å². The van der Waals surface area contributed by atoms with Gasteiger partial charge in [0.1, 0.15) is 11.6 Å². The van der Waals surface area contributed by atoms with Crippen molar-refractivity contribution in [1.29, 1.82) is 5.41 Å². The minimum atomic E-state index is -0.0244. The molecule has 1 aliphatic carbocycles. The number of hydrogen-bond acceptors (Lipinski definition) is 2. The van der Waals surface area contributed by atoms with Gasteiger partial charge in [-0.2, -0.15) is 0 Å². The molecule has 0 bridgehead atoms. The lowest BCUT2D eigenvalue weighted by atomic mass is 9.96. The van der Waals surface area contributed by atoms with Gasteiger partial charge in [-0.05, 0) is 24.5 Å². The Kier molecular flexibility index (Phi) is 5.09. The van der Waals surface area contributed by atoms with E-state index in [1.54, 1.807) is 6.07 Å². The molecule has 0 saturated heterocycles. The monoisotopic (exact) mass is 331 g/mol. The minimum absolute atomic E-state index is 0.0244. The number of nitrogens with two attached hydrogens (primary N) is 1. The standard InChI is InChI=1S/C21H21N3O/c22-20(16-7-2-1-3-8-16)24-21(23)17-10-6-9-15(13-14-17)18-11-4-5-12-19(18)25/h1-12,17,25H,13-14H2,(H3,22,23,24). The summed E-state index contributed by atoms with van der Waals surface area (Å²) < 4.78 is 0. The number of nitrogens with zero attached hydrogens (tertiary/aromatic N) is 1. The Hall–Kier alpha value is -3.14. The van der Waals surface area contributed by atoms with E-state index >= 15 is 0 Å². The van der Waals surface area contributed by atoms with Gasteiger partial charge in [0.25, 0.3) is 0 Å². The fourth-order valence-corrected chi connectivity index (χ4v) is 2.89. The third kappa shape index (κ3) is 4.04. The van der Waals surface area contributed by atoms with Crippen LogP contribution in [0.15, 0.2) is 77.8 Å². The van der Waals surface area contributed by atoms with E-state index in [0.717, 1.165) is 29.5 Å². The second kappa shape index (κ2) is 7.62. The topological polar surface area (TPSA) is 82.5 Å². The van der Waals surface area contributed by atoms with Crippen LogP contribution in [-0.2, 0) is 0 Å². The molecule has 4 nitrogen and oxygen atoms in total. The van der Waals surface area contributed by atoms with Crippen LogP contribution in [-0.4, -0.2) is 16.8 Å². The molecular formula is C21H21N3O. The van der Waals surface area contributed by atoms with Crippen molar-refractivity contribution in [3.8, 4) is 5.75 Å². The molecule has 0 aromatic heterocycles. The molecule has 25 heavy (non-hydrogen) atoms. The molecule has 4 N–H and O–H groups in total. The first-order valence-electron chi connectivity index (χ1n) is 8.29. The van der Waals surface area contributed by atoms with Gasteiger partial charge in [-0.15, -0.1) is 0 Å². The molecule has 0 aliphatic heterocycles. The minimum Gasteiger partial charge on any atom is -0.507 e. The summed E-state index contributed by atoms with van der Waals surface area (Å²) in [4.78, 5) is 4.28. The highest BCUT2D eigenvalue weighted by Gasteiger charge is 2.16. The number of hydrogen-bond donors (Lipinski definition) is 3. The number of phenolic OH excluding ortho intramolecular Hbond substituents is 1. The molecule has 3 rings (SSSR count). The molecule has 0 spiro atoms. The van der Waals surface area contributed by atoms with Crippen molar-refractivity contribution in [2.75, 3.05) is 0 Å². The van der Waals surface area contributed by atoms with Crippen molar-refractivity contribution < 1.29 is 5.11 Å². The number of benzene rings is 2. The van der Waals surface area contributed by atoms with E-state index in [0.29, 0.717) is 5.84 Å². The maximum Gasteiger partial charge on any atom is 0.153 e. The Labute approximate surface area is 147 Å². The molecule has 0 radical (unpaired) electrons. The molecule has 1 atom stereocenters. The quantitative estimate of drug-likeness (QED) is 0.584. The van der Waals surface area contributed by atoms with Gasteiger partial charge in [0.05, 0.1) is 0 Å². The summed E-state index contributed by atoms with van der Waals surface area (Å²) in [6, 6.07) is 16.7. The van der Waals surface area contributed by atoms with Crippen molar-refractivity contribution in [2.24, 2.45) is 16.6 Å². The van der Waals surface area contributed by atoms with Crippen LogP contribution in [0.5, 0.6) is 5.75 Å². The fourth-order valence-electron chi connectivity index (χ4n) is 2.89. The van der Waals surface area contributed by atoms with Crippen molar-refractivity contribution in [1.82, 2.24) is 0 Å². The number of aliphatic imine (C=N–C) groups is 1. The highest BCUT2D eigenvalue weighted by molar-refractivity contribution is 6.05. The Balaban J connectivity index is 1.72. The summed E-state index contributed by atoms with van der Waals surface area (Å²) in [6.07, 6.45) is 7.53. The largest absolute Gasteiger partial charge is 0.507 e. The Bertz CT molecular complexity index is 850. The second-order valence-corrected chi connectivity index (χ2v) is 5.99. The lowest BCUT2D eigenvalue weighted by Gasteiger charge is -2.13. The maximum atomic E-state index is 10.0. The molecular weight excluding hydrogens is 310 g/mol. The van der Waals surface area contributed by atoms with Gasteiger partial charge in [-0.25, -0.2) is 4.99 Å². The first-order chi connectivity index (χ1) is 12.1. The zero-order chi connectivity index (χ0) is 17.6. The molecule has 0 fully saturated rings. The van der Waals surface area contributed by atoms with Crippen LogP contribution in [0, 0.1) is 11.3 Å². The fraction of sp³-hybridized carbons (Fsp3) is 0.143. The van der Waals surface area contributed by atoms with E-state index in [4.69, 9.17) is 11.1 Å². The van der Waals surface area contributed by atoms with Crippen LogP contribution in [0.4, 0.5) is 0 Å². The third-order valence-electron chi connectivity index (χ3n) is 4.28. The highest BCUT2D eigenvalue weighted by atomic mass is 16.3. The number of rotatable bonds is 3. The van der Waals surface area contributed by atoms with Crippen molar-refractivity contribution in [2.45, 2.75) is 12.8 Å². The lowest BCUT2D eigenvalue weighted by Crippen LogP contribution is -2.23. The Morgan fingerprint density at radius 1 is 1.08 bits per heavy atom. The normalized spacial score (nSPS) is 17.7.